The molecule has 0 heterocycles. The average molecular weight is 241 g/mol. The summed E-state index contributed by atoms with van der Waals surface area (Å²) < 4.78 is 0.978. The van der Waals surface area contributed by atoms with E-state index in [1.54, 1.807) is 4.90 Å². The number of hydrogen-bond acceptors (Lipinski definition) is 1. The number of halogens is 1. The molecule has 0 saturated carbocycles. The Bertz CT molecular complexity index is 332. The van der Waals surface area contributed by atoms with Crippen molar-refractivity contribution in [3.05, 3.63) is 33.8 Å². The Morgan fingerprint density at radius 3 is 2.46 bits per heavy atom. The van der Waals surface area contributed by atoms with E-state index in [1.807, 2.05) is 39.2 Å². The molecule has 0 saturated heterocycles. The summed E-state index contributed by atoms with van der Waals surface area (Å²) in [6, 6.07) is 5.99. The fraction of sp³-hybridized carbons (Fsp3) is 0.300. The molecule has 13 heavy (non-hydrogen) atoms. The lowest BCUT2D eigenvalue weighted by molar-refractivity contribution is 0.619. The Morgan fingerprint density at radius 2 is 2.00 bits per heavy atom. The van der Waals surface area contributed by atoms with Gasteiger partial charge in [-0.1, -0.05) is 22.0 Å². The van der Waals surface area contributed by atoms with E-state index < -0.39 is 0 Å². The van der Waals surface area contributed by atoms with Crippen LogP contribution in [0.5, 0.6) is 0 Å². The normalized spacial score (nSPS) is 9.85. The molecule has 0 spiro atoms. The topological polar surface area (TPSA) is 27.1 Å². The Hall–Kier alpha value is -0.830. The quantitative estimate of drug-likeness (QED) is 0.593. The minimum Gasteiger partial charge on any atom is -0.363 e. The minimum atomic E-state index is 0.520. The smallest absolute Gasteiger partial charge is 0.128 e. The number of rotatable bonds is 1. The van der Waals surface area contributed by atoms with E-state index in [4.69, 9.17) is 5.41 Å². The Balaban J connectivity index is 3.09. The molecule has 0 amide bonds. The van der Waals surface area contributed by atoms with Crippen LogP contribution < -0.4 is 0 Å². The molecule has 2 nitrogen and oxygen atoms in total. The molecule has 0 radical (unpaired) electrons. The third kappa shape index (κ3) is 2.31. The summed E-state index contributed by atoms with van der Waals surface area (Å²) in [5.41, 5.74) is 2.12. The van der Waals surface area contributed by atoms with Gasteiger partial charge in [0.1, 0.15) is 5.84 Å². The maximum Gasteiger partial charge on any atom is 0.128 e. The van der Waals surface area contributed by atoms with E-state index in [0.717, 1.165) is 10.0 Å². The third-order valence-electron chi connectivity index (χ3n) is 1.83. The molecule has 0 atom stereocenters. The predicted octanol–water partition coefficient (Wildman–Crippen LogP) is 2.64. The van der Waals surface area contributed by atoms with Gasteiger partial charge in [0.15, 0.2) is 0 Å². The van der Waals surface area contributed by atoms with E-state index in [9.17, 15) is 0 Å². The fourth-order valence-electron chi connectivity index (χ4n) is 1.05. The first-order valence-electron chi connectivity index (χ1n) is 4.05. The van der Waals surface area contributed by atoms with Crippen LogP contribution in [0, 0.1) is 12.3 Å². The van der Waals surface area contributed by atoms with Crippen LogP contribution in [0.25, 0.3) is 0 Å². The van der Waals surface area contributed by atoms with Crippen LogP contribution in [0.15, 0.2) is 22.7 Å². The van der Waals surface area contributed by atoms with E-state index in [-0.39, 0.29) is 0 Å². The maximum absolute atomic E-state index is 7.79. The number of benzene rings is 1. The second kappa shape index (κ2) is 3.92. The zero-order valence-electron chi connectivity index (χ0n) is 8.06. The first-order valence-corrected chi connectivity index (χ1v) is 4.84. The highest BCUT2D eigenvalue weighted by atomic mass is 79.9. The van der Waals surface area contributed by atoms with Gasteiger partial charge in [-0.25, -0.2) is 0 Å². The zero-order chi connectivity index (χ0) is 10.0. The average Bonchev–Trinajstić information content (AvgIpc) is 2.03. The first kappa shape index (κ1) is 10.3. The second-order valence-corrected chi connectivity index (χ2v) is 4.08. The molecule has 1 aromatic rings. The molecular formula is C10H13BrN2. The zero-order valence-corrected chi connectivity index (χ0v) is 9.64. The molecule has 0 aliphatic heterocycles. The lowest BCUT2D eigenvalue weighted by atomic mass is 10.1. The van der Waals surface area contributed by atoms with Gasteiger partial charge < -0.3 is 4.90 Å². The Labute approximate surface area is 87.2 Å². The van der Waals surface area contributed by atoms with Crippen molar-refractivity contribution in [2.24, 2.45) is 0 Å². The molecule has 70 valence electrons. The van der Waals surface area contributed by atoms with Gasteiger partial charge in [0, 0.05) is 24.1 Å². The molecule has 0 bridgehead atoms. The van der Waals surface area contributed by atoms with Crippen LogP contribution in [0.4, 0.5) is 0 Å². The van der Waals surface area contributed by atoms with Crippen molar-refractivity contribution < 1.29 is 0 Å². The van der Waals surface area contributed by atoms with Crippen molar-refractivity contribution in [1.29, 1.82) is 5.41 Å². The largest absolute Gasteiger partial charge is 0.363 e. The van der Waals surface area contributed by atoms with Gasteiger partial charge >= 0.3 is 0 Å². The van der Waals surface area contributed by atoms with Crippen LogP contribution in [0.2, 0.25) is 0 Å². The molecular weight excluding hydrogens is 228 g/mol. The van der Waals surface area contributed by atoms with Gasteiger partial charge in [-0.05, 0) is 24.6 Å². The van der Waals surface area contributed by atoms with Gasteiger partial charge in [-0.3, -0.25) is 5.41 Å². The van der Waals surface area contributed by atoms with Gasteiger partial charge in [0.25, 0.3) is 0 Å². The van der Waals surface area contributed by atoms with Crippen molar-refractivity contribution in [1.82, 2.24) is 4.90 Å². The highest BCUT2D eigenvalue weighted by Gasteiger charge is 2.07. The molecule has 3 heteroatoms. The van der Waals surface area contributed by atoms with E-state index >= 15 is 0 Å². The third-order valence-corrected chi connectivity index (χ3v) is 2.48. The molecule has 1 N–H and O–H groups in total. The maximum atomic E-state index is 7.79. The lowest BCUT2D eigenvalue weighted by Crippen LogP contribution is -2.22. The monoisotopic (exact) mass is 240 g/mol. The lowest BCUT2D eigenvalue weighted by Gasteiger charge is -2.15. The van der Waals surface area contributed by atoms with Crippen molar-refractivity contribution in [3.63, 3.8) is 0 Å². The number of nitrogens with zero attached hydrogens (tertiary/aromatic N) is 1. The standard InChI is InChI=1S/C10H13BrN2/c1-7-4-5-8(9(11)6-7)10(12)13(2)3/h4-6,12H,1-3H3. The number of aryl methyl sites for hydroxylation is 1. The molecule has 1 aromatic carbocycles. The van der Waals surface area contributed by atoms with Gasteiger partial charge in [0.2, 0.25) is 0 Å². The van der Waals surface area contributed by atoms with E-state index in [2.05, 4.69) is 15.9 Å². The summed E-state index contributed by atoms with van der Waals surface area (Å²) in [5, 5.41) is 7.79. The summed E-state index contributed by atoms with van der Waals surface area (Å²) in [6.07, 6.45) is 0. The van der Waals surface area contributed by atoms with Gasteiger partial charge in [-0.2, -0.15) is 0 Å². The van der Waals surface area contributed by atoms with Crippen LogP contribution in [0.1, 0.15) is 11.1 Å². The van der Waals surface area contributed by atoms with Crippen LogP contribution in [-0.2, 0) is 0 Å². The summed E-state index contributed by atoms with van der Waals surface area (Å²) >= 11 is 3.45. The molecule has 0 fully saturated rings. The molecule has 0 aliphatic rings. The van der Waals surface area contributed by atoms with Crippen LogP contribution in [0.3, 0.4) is 0 Å². The summed E-state index contributed by atoms with van der Waals surface area (Å²) in [6.45, 7) is 2.04. The Kier molecular flexibility index (Phi) is 3.09. The predicted molar refractivity (Wildman–Crippen MR) is 59.4 cm³/mol. The number of hydrogen-bond donors (Lipinski definition) is 1. The van der Waals surface area contributed by atoms with Crippen molar-refractivity contribution >= 4 is 21.8 Å². The fourth-order valence-corrected chi connectivity index (χ4v) is 1.73. The van der Waals surface area contributed by atoms with Crippen molar-refractivity contribution in [2.45, 2.75) is 6.92 Å². The SMILES string of the molecule is Cc1ccc(C(=N)N(C)C)c(Br)c1. The number of amidine groups is 1. The summed E-state index contributed by atoms with van der Waals surface area (Å²) in [4.78, 5) is 1.79. The molecule has 0 unspecified atom stereocenters. The summed E-state index contributed by atoms with van der Waals surface area (Å²) in [7, 11) is 3.74. The van der Waals surface area contributed by atoms with Crippen LogP contribution in [-0.4, -0.2) is 24.8 Å². The summed E-state index contributed by atoms with van der Waals surface area (Å²) in [5.74, 6) is 0.520. The van der Waals surface area contributed by atoms with Crippen molar-refractivity contribution in [2.75, 3.05) is 14.1 Å². The van der Waals surface area contributed by atoms with Crippen molar-refractivity contribution in [3.8, 4) is 0 Å². The Morgan fingerprint density at radius 1 is 1.38 bits per heavy atom. The first-order chi connectivity index (χ1) is 6.02. The van der Waals surface area contributed by atoms with E-state index in [1.165, 1.54) is 5.56 Å². The highest BCUT2D eigenvalue weighted by Crippen LogP contribution is 2.19. The second-order valence-electron chi connectivity index (χ2n) is 3.23. The van der Waals surface area contributed by atoms with Gasteiger partial charge in [-0.15, -0.1) is 0 Å². The van der Waals surface area contributed by atoms with Crippen LogP contribution >= 0.6 is 15.9 Å². The molecule has 0 aliphatic carbocycles. The van der Waals surface area contributed by atoms with Gasteiger partial charge in [0.05, 0.1) is 0 Å². The molecule has 0 aromatic heterocycles. The molecule has 1 rings (SSSR count). The van der Waals surface area contributed by atoms with E-state index in [0.29, 0.717) is 5.84 Å². The highest BCUT2D eigenvalue weighted by molar-refractivity contribution is 9.10. The minimum absolute atomic E-state index is 0.520. The number of nitrogens with one attached hydrogen (secondary N) is 1.